The number of para-hydroxylation sites is 2. The first-order chi connectivity index (χ1) is 16.9. The normalized spacial score (nSPS) is 23.6. The van der Waals surface area contributed by atoms with Gasteiger partial charge < -0.3 is 15.3 Å². The third kappa shape index (κ3) is 4.81. The average Bonchev–Trinajstić information content (AvgIpc) is 3.12. The van der Waals surface area contributed by atoms with Gasteiger partial charge in [-0.15, -0.1) is 0 Å². The van der Waals surface area contributed by atoms with Crippen molar-refractivity contribution >= 4 is 23.6 Å². The quantitative estimate of drug-likeness (QED) is 0.387. The second-order valence-electron chi connectivity index (χ2n) is 9.49. The number of hydrogen-bond acceptors (Lipinski definition) is 5. The van der Waals surface area contributed by atoms with Crippen LogP contribution in [0.5, 0.6) is 5.75 Å². The molecule has 4 atom stereocenters. The lowest BCUT2D eigenvalue weighted by Crippen LogP contribution is -2.39. The number of aliphatic hydroxyl groups excluding tert-OH is 2. The summed E-state index contributed by atoms with van der Waals surface area (Å²) in [6.45, 7) is 3.63. The molecule has 6 heteroatoms. The zero-order valence-electron chi connectivity index (χ0n) is 20.2. The Bertz CT molecular complexity index is 1150. The molecule has 0 saturated carbocycles. The molecular weight excluding hydrogens is 442 g/mol. The Balaban J connectivity index is 1.57. The summed E-state index contributed by atoms with van der Waals surface area (Å²) in [5, 5.41) is 31.6. The summed E-state index contributed by atoms with van der Waals surface area (Å²) in [6, 6.07) is 16.0. The number of amides is 2. The van der Waals surface area contributed by atoms with E-state index >= 15 is 0 Å². The zero-order chi connectivity index (χ0) is 25.1. The lowest BCUT2D eigenvalue weighted by atomic mass is 9.67. The van der Waals surface area contributed by atoms with Gasteiger partial charge in [-0.3, -0.25) is 14.5 Å². The Morgan fingerprint density at radius 2 is 1.77 bits per heavy atom. The van der Waals surface area contributed by atoms with E-state index in [4.69, 9.17) is 0 Å². The summed E-state index contributed by atoms with van der Waals surface area (Å²) < 4.78 is 0. The van der Waals surface area contributed by atoms with E-state index < -0.39 is 23.9 Å². The van der Waals surface area contributed by atoms with Crippen LogP contribution in [-0.4, -0.2) is 39.8 Å². The summed E-state index contributed by atoms with van der Waals surface area (Å²) in [4.78, 5) is 28.0. The van der Waals surface area contributed by atoms with Crippen molar-refractivity contribution in [3.8, 4) is 5.75 Å². The Hall–Kier alpha value is -3.22. The van der Waals surface area contributed by atoms with Gasteiger partial charge in [0, 0.05) is 11.5 Å². The second kappa shape index (κ2) is 10.6. The standard InChI is InChI=1S/C29H33NO5/c1-3-19-16-22-27(29(35)30(28(22)34)21-10-5-4-6-11-21)23(17-31)26(19)25(33)14-13-18(2)15-20-9-7-8-12-24(20)32/h4-12,15,22-23,25,27,31-33H,3,13-14,16-17H2,1-2H3/b18-15+/t22-,23+,25-,27-/m1/s1. The number of anilines is 1. The molecule has 0 unspecified atom stereocenters. The van der Waals surface area contributed by atoms with Crippen LogP contribution >= 0.6 is 0 Å². The molecule has 1 fully saturated rings. The molecule has 2 aliphatic rings. The fraction of sp³-hybridized carbons (Fsp3) is 0.379. The number of aromatic hydroxyl groups is 1. The molecular formula is C29H33NO5. The molecule has 6 nitrogen and oxygen atoms in total. The minimum absolute atomic E-state index is 0.203. The number of allylic oxidation sites excluding steroid dienone is 2. The van der Waals surface area contributed by atoms with Crippen molar-refractivity contribution in [3.63, 3.8) is 0 Å². The number of phenols is 1. The summed E-state index contributed by atoms with van der Waals surface area (Å²) in [5.41, 5.74) is 3.93. The maximum absolute atomic E-state index is 13.4. The van der Waals surface area contributed by atoms with Gasteiger partial charge in [0.1, 0.15) is 5.75 Å². The summed E-state index contributed by atoms with van der Waals surface area (Å²) in [5.74, 6) is -2.12. The van der Waals surface area contributed by atoms with Gasteiger partial charge in [0.15, 0.2) is 0 Å². The van der Waals surface area contributed by atoms with Crippen LogP contribution in [0.2, 0.25) is 0 Å². The summed E-state index contributed by atoms with van der Waals surface area (Å²) in [6.07, 6.45) is 3.15. The van der Waals surface area contributed by atoms with Crippen LogP contribution in [0, 0.1) is 17.8 Å². The van der Waals surface area contributed by atoms with E-state index in [1.807, 2.05) is 38.1 Å². The van der Waals surface area contributed by atoms with Gasteiger partial charge in [0.2, 0.25) is 11.8 Å². The predicted octanol–water partition coefficient (Wildman–Crippen LogP) is 4.46. The van der Waals surface area contributed by atoms with Crippen molar-refractivity contribution in [3.05, 3.63) is 76.9 Å². The minimum Gasteiger partial charge on any atom is -0.507 e. The van der Waals surface area contributed by atoms with Crippen LogP contribution < -0.4 is 4.90 Å². The van der Waals surface area contributed by atoms with Crippen LogP contribution in [0.4, 0.5) is 5.69 Å². The van der Waals surface area contributed by atoms with E-state index in [-0.39, 0.29) is 24.2 Å². The van der Waals surface area contributed by atoms with Gasteiger partial charge in [0.05, 0.1) is 30.2 Å². The molecule has 184 valence electrons. The van der Waals surface area contributed by atoms with E-state index in [0.717, 1.165) is 16.7 Å². The molecule has 2 aromatic carbocycles. The second-order valence-corrected chi connectivity index (χ2v) is 9.49. The van der Waals surface area contributed by atoms with E-state index in [1.54, 1.807) is 36.4 Å². The van der Waals surface area contributed by atoms with Crippen LogP contribution in [0.15, 0.2) is 71.3 Å². The zero-order valence-corrected chi connectivity index (χ0v) is 20.2. The lowest BCUT2D eigenvalue weighted by Gasteiger charge is -2.36. The number of phenolic OH excluding ortho intramolecular Hbond substituents is 1. The minimum atomic E-state index is -0.829. The molecule has 3 N–H and O–H groups in total. The number of aliphatic hydroxyl groups is 2. The number of hydrogen-bond donors (Lipinski definition) is 3. The van der Waals surface area contributed by atoms with Gasteiger partial charge in [-0.1, -0.05) is 60.5 Å². The van der Waals surface area contributed by atoms with Crippen molar-refractivity contribution in [1.82, 2.24) is 0 Å². The fourth-order valence-electron chi connectivity index (χ4n) is 5.60. The highest BCUT2D eigenvalue weighted by Gasteiger charge is 2.55. The Labute approximate surface area is 206 Å². The van der Waals surface area contributed by atoms with Gasteiger partial charge in [0.25, 0.3) is 0 Å². The molecule has 0 bridgehead atoms. The number of imide groups is 1. The summed E-state index contributed by atoms with van der Waals surface area (Å²) >= 11 is 0. The van der Waals surface area contributed by atoms with Crippen LogP contribution in [0.1, 0.15) is 45.1 Å². The molecule has 1 aliphatic heterocycles. The number of carbonyl (C=O) groups excluding carboxylic acids is 2. The molecule has 0 aromatic heterocycles. The van der Waals surface area contributed by atoms with Gasteiger partial charge >= 0.3 is 0 Å². The lowest BCUT2D eigenvalue weighted by molar-refractivity contribution is -0.123. The Morgan fingerprint density at radius 3 is 2.43 bits per heavy atom. The van der Waals surface area contributed by atoms with Crippen molar-refractivity contribution in [1.29, 1.82) is 0 Å². The largest absolute Gasteiger partial charge is 0.507 e. The molecule has 2 amide bonds. The van der Waals surface area contributed by atoms with Crippen molar-refractivity contribution in [2.45, 2.75) is 45.6 Å². The maximum Gasteiger partial charge on any atom is 0.238 e. The SMILES string of the molecule is CCC1=C([C@H](O)CC/C(C)=C/c2ccccc2O)[C@H](CO)[C@@H]2C(=O)N(c3ccccc3)C(=O)[C@@H]2C1. The molecule has 1 saturated heterocycles. The molecule has 0 radical (unpaired) electrons. The molecule has 2 aromatic rings. The van der Waals surface area contributed by atoms with E-state index in [2.05, 4.69) is 0 Å². The molecule has 4 rings (SSSR count). The summed E-state index contributed by atoms with van der Waals surface area (Å²) in [7, 11) is 0. The Kier molecular flexibility index (Phi) is 7.53. The van der Waals surface area contributed by atoms with Gasteiger partial charge in [-0.2, -0.15) is 0 Å². The number of rotatable bonds is 8. The monoisotopic (exact) mass is 475 g/mol. The van der Waals surface area contributed by atoms with Gasteiger partial charge in [-0.25, -0.2) is 0 Å². The van der Waals surface area contributed by atoms with Crippen molar-refractivity contribution < 1.29 is 24.9 Å². The van der Waals surface area contributed by atoms with E-state index in [1.165, 1.54) is 4.90 Å². The first-order valence-corrected chi connectivity index (χ1v) is 12.3. The van der Waals surface area contributed by atoms with Crippen molar-refractivity contribution in [2.24, 2.45) is 17.8 Å². The van der Waals surface area contributed by atoms with Gasteiger partial charge in [-0.05, 0) is 56.4 Å². The fourth-order valence-corrected chi connectivity index (χ4v) is 5.60. The highest BCUT2D eigenvalue weighted by atomic mass is 16.3. The molecule has 1 heterocycles. The molecule has 1 aliphatic carbocycles. The smallest absolute Gasteiger partial charge is 0.238 e. The van der Waals surface area contributed by atoms with Crippen molar-refractivity contribution in [2.75, 3.05) is 11.5 Å². The van der Waals surface area contributed by atoms with Crippen LogP contribution in [-0.2, 0) is 9.59 Å². The Morgan fingerprint density at radius 1 is 1.09 bits per heavy atom. The topological polar surface area (TPSA) is 98.1 Å². The number of carbonyl (C=O) groups is 2. The number of benzene rings is 2. The average molecular weight is 476 g/mol. The molecule has 35 heavy (non-hydrogen) atoms. The number of nitrogens with zero attached hydrogens (tertiary/aromatic N) is 1. The predicted molar refractivity (Wildman–Crippen MR) is 135 cm³/mol. The van der Waals surface area contributed by atoms with Crippen LogP contribution in [0.25, 0.3) is 6.08 Å². The highest BCUT2D eigenvalue weighted by Crippen LogP contribution is 2.47. The number of fused-ring (bicyclic) bond motifs is 1. The maximum atomic E-state index is 13.4. The van der Waals surface area contributed by atoms with Crippen LogP contribution in [0.3, 0.4) is 0 Å². The third-order valence-corrected chi connectivity index (χ3v) is 7.33. The van der Waals surface area contributed by atoms with E-state index in [0.29, 0.717) is 36.9 Å². The first kappa shape index (κ1) is 24.9. The van der Waals surface area contributed by atoms with E-state index in [9.17, 15) is 24.9 Å². The molecule has 0 spiro atoms. The third-order valence-electron chi connectivity index (χ3n) is 7.33. The first-order valence-electron chi connectivity index (χ1n) is 12.3. The highest BCUT2D eigenvalue weighted by molar-refractivity contribution is 6.22.